The van der Waals surface area contributed by atoms with Crippen LogP contribution in [0.5, 0.6) is 0 Å². The molecule has 0 aliphatic heterocycles. The summed E-state index contributed by atoms with van der Waals surface area (Å²) in [4.78, 5) is 18.0. The lowest BCUT2D eigenvalue weighted by atomic mass is 10.1. The van der Waals surface area contributed by atoms with Gasteiger partial charge in [0.2, 0.25) is 0 Å². The van der Waals surface area contributed by atoms with E-state index in [1.807, 2.05) is 18.2 Å². The first-order valence-corrected chi connectivity index (χ1v) is 5.07. The molecule has 16 heavy (non-hydrogen) atoms. The van der Waals surface area contributed by atoms with Crippen molar-refractivity contribution < 1.29 is 9.90 Å². The molecule has 0 radical (unpaired) electrons. The highest BCUT2D eigenvalue weighted by Gasteiger charge is 2.10. The van der Waals surface area contributed by atoms with Gasteiger partial charge in [0.25, 0.3) is 0 Å². The van der Waals surface area contributed by atoms with Gasteiger partial charge < -0.3 is 10.1 Å². The highest BCUT2D eigenvalue weighted by Crippen LogP contribution is 2.09. The molecular formula is C12H12N2O2. The number of aromatic carboxylic acids is 1. The van der Waals surface area contributed by atoms with E-state index in [0.29, 0.717) is 12.0 Å². The zero-order valence-electron chi connectivity index (χ0n) is 8.68. The largest absolute Gasteiger partial charge is 0.478 e. The second-order valence-electron chi connectivity index (χ2n) is 3.50. The minimum atomic E-state index is -0.891. The number of carboxylic acids is 1. The minimum absolute atomic E-state index is 0.343. The number of hydrogen-bond donors (Lipinski definition) is 2. The van der Waals surface area contributed by atoms with Crippen LogP contribution in [0.15, 0.2) is 36.7 Å². The van der Waals surface area contributed by atoms with Gasteiger partial charge in [0.1, 0.15) is 0 Å². The summed E-state index contributed by atoms with van der Waals surface area (Å²) in [5.41, 5.74) is 2.06. The first-order chi connectivity index (χ1) is 7.77. The van der Waals surface area contributed by atoms with Crippen molar-refractivity contribution in [3.63, 3.8) is 0 Å². The number of aromatic nitrogens is 2. The van der Waals surface area contributed by atoms with E-state index in [1.54, 1.807) is 18.5 Å². The van der Waals surface area contributed by atoms with Gasteiger partial charge in [-0.3, -0.25) is 4.98 Å². The summed E-state index contributed by atoms with van der Waals surface area (Å²) >= 11 is 0. The predicted molar refractivity (Wildman–Crippen MR) is 59.4 cm³/mol. The molecule has 0 aromatic carbocycles. The molecule has 2 aromatic heterocycles. The average Bonchev–Trinajstić information content (AvgIpc) is 2.76. The summed E-state index contributed by atoms with van der Waals surface area (Å²) in [6.45, 7) is 0. The molecule has 2 heterocycles. The molecule has 0 spiro atoms. The number of carboxylic acid groups (broad SMARTS) is 1. The zero-order chi connectivity index (χ0) is 11.4. The Morgan fingerprint density at radius 1 is 1.31 bits per heavy atom. The zero-order valence-corrected chi connectivity index (χ0v) is 8.68. The lowest BCUT2D eigenvalue weighted by molar-refractivity contribution is 0.0696. The molecule has 0 unspecified atom stereocenters. The van der Waals surface area contributed by atoms with Gasteiger partial charge >= 0.3 is 5.97 Å². The predicted octanol–water partition coefficient (Wildman–Crippen LogP) is 1.89. The van der Waals surface area contributed by atoms with Crippen molar-refractivity contribution in [2.45, 2.75) is 12.8 Å². The van der Waals surface area contributed by atoms with E-state index in [2.05, 4.69) is 9.97 Å². The van der Waals surface area contributed by atoms with Crippen LogP contribution in [-0.2, 0) is 12.8 Å². The minimum Gasteiger partial charge on any atom is -0.478 e. The van der Waals surface area contributed by atoms with E-state index in [9.17, 15) is 4.79 Å². The van der Waals surface area contributed by atoms with Crippen LogP contribution in [0.1, 0.15) is 21.7 Å². The van der Waals surface area contributed by atoms with E-state index >= 15 is 0 Å². The van der Waals surface area contributed by atoms with Gasteiger partial charge in [0.05, 0.1) is 5.56 Å². The van der Waals surface area contributed by atoms with E-state index in [-0.39, 0.29) is 0 Å². The average molecular weight is 216 g/mol. The van der Waals surface area contributed by atoms with Crippen LogP contribution >= 0.6 is 0 Å². The van der Waals surface area contributed by atoms with Crippen LogP contribution in [0.25, 0.3) is 0 Å². The van der Waals surface area contributed by atoms with Crippen LogP contribution < -0.4 is 0 Å². The topological polar surface area (TPSA) is 66.0 Å². The molecule has 0 aliphatic rings. The Morgan fingerprint density at radius 2 is 2.19 bits per heavy atom. The lowest BCUT2D eigenvalue weighted by Gasteiger charge is -2.00. The van der Waals surface area contributed by atoms with Gasteiger partial charge in [-0.2, -0.15) is 0 Å². The van der Waals surface area contributed by atoms with E-state index in [4.69, 9.17) is 5.11 Å². The molecule has 2 N–H and O–H groups in total. The summed E-state index contributed by atoms with van der Waals surface area (Å²) in [6.07, 6.45) is 4.78. The number of pyridine rings is 1. The van der Waals surface area contributed by atoms with Crippen molar-refractivity contribution in [3.8, 4) is 0 Å². The van der Waals surface area contributed by atoms with Crippen molar-refractivity contribution >= 4 is 5.97 Å². The van der Waals surface area contributed by atoms with Crippen LogP contribution in [-0.4, -0.2) is 21.0 Å². The van der Waals surface area contributed by atoms with Crippen molar-refractivity contribution in [2.24, 2.45) is 0 Å². The van der Waals surface area contributed by atoms with Crippen molar-refractivity contribution in [1.82, 2.24) is 9.97 Å². The fourth-order valence-electron chi connectivity index (χ4n) is 1.61. The number of aryl methyl sites for hydroxylation is 2. The summed E-state index contributed by atoms with van der Waals surface area (Å²) in [6, 6.07) is 7.30. The van der Waals surface area contributed by atoms with Crippen molar-refractivity contribution in [1.29, 1.82) is 0 Å². The Bertz CT molecular complexity index is 477. The van der Waals surface area contributed by atoms with Crippen LogP contribution in [0.3, 0.4) is 0 Å². The Kier molecular flexibility index (Phi) is 3.00. The molecule has 82 valence electrons. The third kappa shape index (κ3) is 2.28. The SMILES string of the molecule is O=C(O)c1cc[nH]c1CCc1ccccn1. The number of hydrogen-bond acceptors (Lipinski definition) is 2. The Balaban J connectivity index is 2.05. The molecule has 2 rings (SSSR count). The third-order valence-corrected chi connectivity index (χ3v) is 2.42. The number of aromatic amines is 1. The van der Waals surface area contributed by atoms with E-state index < -0.39 is 5.97 Å². The number of H-pyrrole nitrogens is 1. The Morgan fingerprint density at radius 3 is 2.88 bits per heavy atom. The number of rotatable bonds is 4. The van der Waals surface area contributed by atoms with Gasteiger partial charge in [-0.05, 0) is 31.0 Å². The molecular weight excluding hydrogens is 204 g/mol. The Hall–Kier alpha value is -2.10. The number of nitrogens with one attached hydrogen (secondary N) is 1. The standard InChI is InChI=1S/C12H12N2O2/c15-12(16)10-6-8-14-11(10)5-4-9-3-1-2-7-13-9/h1-3,6-8,14H,4-5H2,(H,15,16). The third-order valence-electron chi connectivity index (χ3n) is 2.42. The Labute approximate surface area is 93.0 Å². The number of nitrogens with zero attached hydrogens (tertiary/aromatic N) is 1. The molecule has 0 aliphatic carbocycles. The maximum atomic E-state index is 10.9. The summed E-state index contributed by atoms with van der Waals surface area (Å²) in [5.74, 6) is -0.891. The van der Waals surface area contributed by atoms with Gasteiger partial charge in [-0.15, -0.1) is 0 Å². The first-order valence-electron chi connectivity index (χ1n) is 5.07. The first kappa shape index (κ1) is 10.4. The van der Waals surface area contributed by atoms with Gasteiger partial charge in [0, 0.05) is 23.8 Å². The van der Waals surface area contributed by atoms with Crippen LogP contribution in [0.4, 0.5) is 0 Å². The molecule has 0 saturated carbocycles. The molecule has 0 fully saturated rings. The maximum absolute atomic E-state index is 10.9. The fraction of sp³-hybridized carbons (Fsp3) is 0.167. The molecule has 0 atom stereocenters. The molecule has 2 aromatic rings. The number of carbonyl (C=O) groups is 1. The van der Waals surface area contributed by atoms with Crippen molar-refractivity contribution in [2.75, 3.05) is 0 Å². The molecule has 4 heteroatoms. The van der Waals surface area contributed by atoms with Crippen LogP contribution in [0.2, 0.25) is 0 Å². The normalized spacial score (nSPS) is 10.2. The summed E-state index contributed by atoms with van der Waals surface area (Å²) in [7, 11) is 0. The highest BCUT2D eigenvalue weighted by atomic mass is 16.4. The second-order valence-corrected chi connectivity index (χ2v) is 3.50. The smallest absolute Gasteiger partial charge is 0.337 e. The van der Waals surface area contributed by atoms with Crippen molar-refractivity contribution in [3.05, 3.63) is 53.6 Å². The monoisotopic (exact) mass is 216 g/mol. The van der Waals surface area contributed by atoms with Gasteiger partial charge in [-0.25, -0.2) is 4.79 Å². The lowest BCUT2D eigenvalue weighted by Crippen LogP contribution is -2.02. The van der Waals surface area contributed by atoms with E-state index in [1.165, 1.54) is 0 Å². The quantitative estimate of drug-likeness (QED) is 0.820. The molecule has 0 bridgehead atoms. The van der Waals surface area contributed by atoms with Gasteiger partial charge in [0.15, 0.2) is 0 Å². The summed E-state index contributed by atoms with van der Waals surface area (Å²) < 4.78 is 0. The second kappa shape index (κ2) is 4.61. The maximum Gasteiger partial charge on any atom is 0.337 e. The summed E-state index contributed by atoms with van der Waals surface area (Å²) in [5, 5.41) is 8.92. The molecule has 4 nitrogen and oxygen atoms in total. The molecule has 0 saturated heterocycles. The molecule has 0 amide bonds. The van der Waals surface area contributed by atoms with E-state index in [0.717, 1.165) is 17.8 Å². The van der Waals surface area contributed by atoms with Gasteiger partial charge in [-0.1, -0.05) is 6.07 Å². The van der Waals surface area contributed by atoms with Crippen LogP contribution in [0, 0.1) is 0 Å². The fourth-order valence-corrected chi connectivity index (χ4v) is 1.61. The highest BCUT2D eigenvalue weighted by molar-refractivity contribution is 5.88.